The van der Waals surface area contributed by atoms with Gasteiger partial charge in [0.05, 0.1) is 10.8 Å². The van der Waals surface area contributed by atoms with Gasteiger partial charge in [-0.25, -0.2) is 0 Å². The zero-order chi connectivity index (χ0) is 9.68. The number of isothiocyanates is 1. The molecule has 0 aliphatic carbocycles. The SMILES string of the molecule is CN(C)Cc1ccc(N=C=S)cc1. The lowest BCUT2D eigenvalue weighted by atomic mass is 10.2. The van der Waals surface area contributed by atoms with Crippen molar-refractivity contribution < 1.29 is 0 Å². The summed E-state index contributed by atoms with van der Waals surface area (Å²) in [4.78, 5) is 6.00. The first kappa shape index (κ1) is 10.1. The van der Waals surface area contributed by atoms with Gasteiger partial charge in [0.15, 0.2) is 0 Å². The van der Waals surface area contributed by atoms with Crippen LogP contribution in [0.4, 0.5) is 5.69 Å². The fraction of sp³-hybridized carbons (Fsp3) is 0.300. The smallest absolute Gasteiger partial charge is 0.0739 e. The number of hydrogen-bond acceptors (Lipinski definition) is 3. The molecule has 1 aromatic rings. The Morgan fingerprint density at radius 2 is 1.92 bits per heavy atom. The van der Waals surface area contributed by atoms with Crippen LogP contribution in [0.25, 0.3) is 0 Å². The molecule has 0 amide bonds. The van der Waals surface area contributed by atoms with E-state index in [-0.39, 0.29) is 0 Å². The van der Waals surface area contributed by atoms with Crippen molar-refractivity contribution in [1.29, 1.82) is 0 Å². The summed E-state index contributed by atoms with van der Waals surface area (Å²) in [5.41, 5.74) is 2.13. The molecule has 0 N–H and O–H groups in total. The van der Waals surface area contributed by atoms with Crippen LogP contribution in [0.5, 0.6) is 0 Å². The summed E-state index contributed by atoms with van der Waals surface area (Å²) in [6.07, 6.45) is 0. The van der Waals surface area contributed by atoms with Crippen molar-refractivity contribution in [3.05, 3.63) is 29.8 Å². The molecule has 0 saturated carbocycles. The van der Waals surface area contributed by atoms with Crippen LogP contribution >= 0.6 is 12.2 Å². The van der Waals surface area contributed by atoms with Gasteiger partial charge in [0.25, 0.3) is 0 Å². The summed E-state index contributed by atoms with van der Waals surface area (Å²) in [6.45, 7) is 0.946. The molecule has 0 aliphatic heterocycles. The molecule has 2 nitrogen and oxygen atoms in total. The molecule has 0 heterocycles. The van der Waals surface area contributed by atoms with E-state index in [9.17, 15) is 0 Å². The number of benzene rings is 1. The third kappa shape index (κ3) is 3.47. The van der Waals surface area contributed by atoms with E-state index in [4.69, 9.17) is 0 Å². The first-order chi connectivity index (χ1) is 6.22. The highest BCUT2D eigenvalue weighted by Crippen LogP contribution is 2.12. The monoisotopic (exact) mass is 192 g/mol. The lowest BCUT2D eigenvalue weighted by Crippen LogP contribution is -2.10. The first-order valence-electron chi connectivity index (χ1n) is 4.04. The highest BCUT2D eigenvalue weighted by molar-refractivity contribution is 7.78. The van der Waals surface area contributed by atoms with Gasteiger partial charge in [0, 0.05) is 6.54 Å². The van der Waals surface area contributed by atoms with Gasteiger partial charge in [-0.1, -0.05) is 12.1 Å². The van der Waals surface area contributed by atoms with E-state index in [1.807, 2.05) is 38.4 Å². The Kier molecular flexibility index (Phi) is 3.77. The Hall–Kier alpha value is -1.02. The van der Waals surface area contributed by atoms with E-state index in [0.717, 1.165) is 12.2 Å². The molecule has 3 heteroatoms. The fourth-order valence-corrected chi connectivity index (χ4v) is 1.20. The lowest BCUT2D eigenvalue weighted by molar-refractivity contribution is 0.402. The van der Waals surface area contributed by atoms with Crippen LogP contribution in [-0.2, 0) is 6.54 Å². The van der Waals surface area contributed by atoms with Gasteiger partial charge in [-0.2, -0.15) is 4.99 Å². The van der Waals surface area contributed by atoms with E-state index in [0.29, 0.717) is 0 Å². The van der Waals surface area contributed by atoms with Crippen molar-refractivity contribution >= 4 is 23.1 Å². The molecule has 0 saturated heterocycles. The molecular weight excluding hydrogens is 180 g/mol. The second-order valence-electron chi connectivity index (χ2n) is 3.11. The number of thiocarbonyl (C=S) groups is 1. The number of nitrogens with zero attached hydrogens (tertiary/aromatic N) is 2. The molecule has 1 aromatic carbocycles. The summed E-state index contributed by atoms with van der Waals surface area (Å²) in [5.74, 6) is 0. The van der Waals surface area contributed by atoms with Gasteiger partial charge < -0.3 is 4.90 Å². The Morgan fingerprint density at radius 1 is 1.31 bits per heavy atom. The molecule has 1 rings (SSSR count). The highest BCUT2D eigenvalue weighted by Gasteiger charge is 1.94. The van der Waals surface area contributed by atoms with Crippen LogP contribution in [0.1, 0.15) is 5.56 Å². The van der Waals surface area contributed by atoms with Gasteiger partial charge in [0.2, 0.25) is 0 Å². The Morgan fingerprint density at radius 3 is 2.38 bits per heavy atom. The average molecular weight is 192 g/mol. The van der Waals surface area contributed by atoms with Crippen molar-refractivity contribution in [1.82, 2.24) is 4.90 Å². The third-order valence-corrected chi connectivity index (χ3v) is 1.70. The maximum atomic E-state index is 4.51. The molecule has 0 spiro atoms. The molecule has 0 fully saturated rings. The normalized spacial score (nSPS) is 9.77. The van der Waals surface area contributed by atoms with Gasteiger partial charge >= 0.3 is 0 Å². The van der Waals surface area contributed by atoms with E-state index < -0.39 is 0 Å². The Labute approximate surface area is 83.9 Å². The molecule has 0 atom stereocenters. The van der Waals surface area contributed by atoms with Crippen LogP contribution in [0.2, 0.25) is 0 Å². The van der Waals surface area contributed by atoms with Crippen LogP contribution < -0.4 is 0 Å². The number of hydrogen-bond donors (Lipinski definition) is 0. The standard InChI is InChI=1S/C10H12N2S/c1-12(2)7-9-3-5-10(6-4-9)11-8-13/h3-6H,7H2,1-2H3. The summed E-state index contributed by atoms with van der Waals surface area (Å²) in [6, 6.07) is 7.98. The molecule has 68 valence electrons. The van der Waals surface area contributed by atoms with E-state index in [2.05, 4.69) is 27.3 Å². The van der Waals surface area contributed by atoms with E-state index >= 15 is 0 Å². The fourth-order valence-electron chi connectivity index (χ4n) is 1.09. The lowest BCUT2D eigenvalue weighted by Gasteiger charge is -2.08. The van der Waals surface area contributed by atoms with Crippen LogP contribution in [0.3, 0.4) is 0 Å². The van der Waals surface area contributed by atoms with Crippen LogP contribution in [0, 0.1) is 0 Å². The minimum Gasteiger partial charge on any atom is -0.305 e. The summed E-state index contributed by atoms with van der Waals surface area (Å²) in [7, 11) is 4.09. The van der Waals surface area contributed by atoms with E-state index in [1.165, 1.54) is 5.56 Å². The molecule has 0 aliphatic rings. The van der Waals surface area contributed by atoms with Gasteiger partial charge in [-0.05, 0) is 44.0 Å². The molecule has 13 heavy (non-hydrogen) atoms. The predicted molar refractivity (Wildman–Crippen MR) is 58.5 cm³/mol. The zero-order valence-electron chi connectivity index (χ0n) is 7.82. The average Bonchev–Trinajstić information content (AvgIpc) is 2.08. The third-order valence-electron chi connectivity index (χ3n) is 1.61. The van der Waals surface area contributed by atoms with Crippen LogP contribution in [0.15, 0.2) is 29.3 Å². The minimum absolute atomic E-state index is 0.859. The van der Waals surface area contributed by atoms with Crippen molar-refractivity contribution in [2.75, 3.05) is 14.1 Å². The largest absolute Gasteiger partial charge is 0.305 e. The zero-order valence-corrected chi connectivity index (χ0v) is 8.64. The molecule has 0 unspecified atom stereocenters. The Bertz CT molecular complexity index is 310. The number of rotatable bonds is 3. The first-order valence-corrected chi connectivity index (χ1v) is 4.45. The van der Waals surface area contributed by atoms with Crippen molar-refractivity contribution in [3.8, 4) is 0 Å². The second-order valence-corrected chi connectivity index (χ2v) is 3.29. The quantitative estimate of drug-likeness (QED) is 0.540. The molecule has 0 radical (unpaired) electrons. The minimum atomic E-state index is 0.859. The summed E-state index contributed by atoms with van der Waals surface area (Å²) < 4.78 is 0. The second kappa shape index (κ2) is 4.87. The van der Waals surface area contributed by atoms with Crippen molar-refractivity contribution in [3.63, 3.8) is 0 Å². The maximum absolute atomic E-state index is 4.51. The summed E-state index contributed by atoms with van der Waals surface area (Å²) >= 11 is 4.51. The summed E-state index contributed by atoms with van der Waals surface area (Å²) in [5, 5.41) is 2.34. The Balaban J connectivity index is 2.75. The molecule has 0 aromatic heterocycles. The topological polar surface area (TPSA) is 15.6 Å². The molecular formula is C10H12N2S. The van der Waals surface area contributed by atoms with E-state index in [1.54, 1.807) is 0 Å². The van der Waals surface area contributed by atoms with Gasteiger partial charge in [-0.15, -0.1) is 0 Å². The molecule has 0 bridgehead atoms. The maximum Gasteiger partial charge on any atom is 0.0739 e. The van der Waals surface area contributed by atoms with Crippen molar-refractivity contribution in [2.24, 2.45) is 4.99 Å². The van der Waals surface area contributed by atoms with Crippen molar-refractivity contribution in [2.45, 2.75) is 6.54 Å². The van der Waals surface area contributed by atoms with Gasteiger partial charge in [-0.3, -0.25) is 0 Å². The number of aliphatic imine (C=N–C) groups is 1. The van der Waals surface area contributed by atoms with Crippen LogP contribution in [-0.4, -0.2) is 24.2 Å². The predicted octanol–water partition coefficient (Wildman–Crippen LogP) is 2.48. The highest BCUT2D eigenvalue weighted by atomic mass is 32.1. The van der Waals surface area contributed by atoms with Gasteiger partial charge in [0.1, 0.15) is 0 Å².